The van der Waals surface area contributed by atoms with Crippen LogP contribution in [0.15, 0.2) is 36.5 Å². The fourth-order valence-corrected chi connectivity index (χ4v) is 3.46. The molecule has 0 radical (unpaired) electrons. The quantitative estimate of drug-likeness (QED) is 0.907. The zero-order valence-electron chi connectivity index (χ0n) is 15.2. The molecule has 2 heterocycles. The molecule has 0 bridgehead atoms. The van der Waals surface area contributed by atoms with Gasteiger partial charge in [-0.1, -0.05) is 30.3 Å². The van der Waals surface area contributed by atoms with Gasteiger partial charge in [0.15, 0.2) is 0 Å². The van der Waals surface area contributed by atoms with Gasteiger partial charge in [0.2, 0.25) is 0 Å². The molecule has 3 rings (SSSR count). The van der Waals surface area contributed by atoms with Crippen LogP contribution in [0.5, 0.6) is 0 Å². The van der Waals surface area contributed by atoms with Gasteiger partial charge >= 0.3 is 6.03 Å². The monoisotopic (exact) mass is 340 g/mol. The van der Waals surface area contributed by atoms with Gasteiger partial charge in [-0.2, -0.15) is 5.10 Å². The van der Waals surface area contributed by atoms with Crippen molar-refractivity contribution in [2.45, 2.75) is 46.2 Å². The smallest absolute Gasteiger partial charge is 0.317 e. The van der Waals surface area contributed by atoms with Crippen LogP contribution in [0.3, 0.4) is 0 Å². The van der Waals surface area contributed by atoms with Crippen molar-refractivity contribution in [2.24, 2.45) is 5.92 Å². The summed E-state index contributed by atoms with van der Waals surface area (Å²) in [6.07, 6.45) is 5.29. The van der Waals surface area contributed by atoms with E-state index in [0.29, 0.717) is 12.5 Å². The molecule has 1 aromatic heterocycles. The van der Waals surface area contributed by atoms with E-state index in [4.69, 9.17) is 0 Å². The number of nitrogens with one attached hydrogen (secondary N) is 1. The van der Waals surface area contributed by atoms with E-state index in [1.807, 2.05) is 22.7 Å². The Kier molecular flexibility index (Phi) is 5.74. The van der Waals surface area contributed by atoms with Crippen molar-refractivity contribution in [1.29, 1.82) is 0 Å². The second kappa shape index (κ2) is 8.19. The summed E-state index contributed by atoms with van der Waals surface area (Å²) >= 11 is 0. The highest BCUT2D eigenvalue weighted by atomic mass is 16.2. The molecule has 0 unspecified atom stereocenters. The van der Waals surface area contributed by atoms with Gasteiger partial charge < -0.3 is 10.2 Å². The molecule has 0 aliphatic carbocycles. The number of aryl methyl sites for hydroxylation is 2. The maximum Gasteiger partial charge on any atom is 0.317 e. The molecule has 0 saturated carbocycles. The Morgan fingerprint density at radius 2 is 1.96 bits per heavy atom. The number of aromatic nitrogens is 2. The topological polar surface area (TPSA) is 50.2 Å². The number of nitrogens with zero attached hydrogens (tertiary/aromatic N) is 3. The van der Waals surface area contributed by atoms with Crippen molar-refractivity contribution < 1.29 is 4.79 Å². The second-order valence-electron chi connectivity index (χ2n) is 6.87. The second-order valence-corrected chi connectivity index (χ2v) is 6.87. The van der Waals surface area contributed by atoms with Gasteiger partial charge in [-0.25, -0.2) is 4.79 Å². The third-order valence-corrected chi connectivity index (χ3v) is 5.07. The Morgan fingerprint density at radius 1 is 1.24 bits per heavy atom. The van der Waals surface area contributed by atoms with Crippen LogP contribution in [0.1, 0.15) is 36.6 Å². The van der Waals surface area contributed by atoms with Crippen molar-refractivity contribution in [3.63, 3.8) is 0 Å². The number of urea groups is 1. The van der Waals surface area contributed by atoms with E-state index >= 15 is 0 Å². The van der Waals surface area contributed by atoms with Crippen LogP contribution in [-0.2, 0) is 19.5 Å². The van der Waals surface area contributed by atoms with Gasteiger partial charge in [-0.3, -0.25) is 4.68 Å². The number of carbonyl (C=O) groups excluding carboxylic acids is 1. The van der Waals surface area contributed by atoms with E-state index < -0.39 is 0 Å². The van der Waals surface area contributed by atoms with Crippen LogP contribution in [-0.4, -0.2) is 33.8 Å². The molecule has 1 fully saturated rings. The first-order chi connectivity index (χ1) is 12.2. The standard InChI is InChI=1S/C20H28N4O/c1-3-24-15-19(16(2)22-24)14-21-20(25)23-11-9-18(10-12-23)13-17-7-5-4-6-8-17/h4-8,15,18H,3,9-14H2,1-2H3,(H,21,25). The summed E-state index contributed by atoms with van der Waals surface area (Å²) in [6.45, 7) is 7.14. The molecule has 2 aromatic rings. The fraction of sp³-hybridized carbons (Fsp3) is 0.500. The number of hydrogen-bond donors (Lipinski definition) is 1. The Balaban J connectivity index is 1.44. The third kappa shape index (κ3) is 4.62. The molecule has 1 aliphatic rings. The van der Waals surface area contributed by atoms with Gasteiger partial charge in [-0.05, 0) is 44.6 Å². The lowest BCUT2D eigenvalue weighted by Gasteiger charge is -2.32. The average Bonchev–Trinajstić information content (AvgIpc) is 3.01. The number of likely N-dealkylation sites (tertiary alicyclic amines) is 1. The number of carbonyl (C=O) groups is 1. The predicted octanol–water partition coefficient (Wildman–Crippen LogP) is 3.38. The molecule has 0 atom stereocenters. The summed E-state index contributed by atoms with van der Waals surface area (Å²) in [4.78, 5) is 14.4. The molecule has 134 valence electrons. The lowest BCUT2D eigenvalue weighted by molar-refractivity contribution is 0.170. The molecule has 1 N–H and O–H groups in total. The molecule has 1 aliphatic heterocycles. The maximum atomic E-state index is 12.4. The van der Waals surface area contributed by atoms with Gasteiger partial charge in [0.05, 0.1) is 5.69 Å². The van der Waals surface area contributed by atoms with Gasteiger partial charge in [0.1, 0.15) is 0 Å². The van der Waals surface area contributed by atoms with E-state index in [0.717, 1.165) is 50.2 Å². The van der Waals surface area contributed by atoms with Crippen LogP contribution >= 0.6 is 0 Å². The maximum absolute atomic E-state index is 12.4. The first kappa shape index (κ1) is 17.5. The number of hydrogen-bond acceptors (Lipinski definition) is 2. The minimum absolute atomic E-state index is 0.0433. The van der Waals surface area contributed by atoms with E-state index in [1.54, 1.807) is 0 Å². The number of benzene rings is 1. The minimum Gasteiger partial charge on any atom is -0.334 e. The highest BCUT2D eigenvalue weighted by molar-refractivity contribution is 5.74. The summed E-state index contributed by atoms with van der Waals surface area (Å²) in [5, 5.41) is 7.47. The molecule has 2 amide bonds. The SMILES string of the molecule is CCn1cc(CNC(=O)N2CCC(Cc3ccccc3)CC2)c(C)n1. The van der Waals surface area contributed by atoms with Crippen LogP contribution < -0.4 is 5.32 Å². The van der Waals surface area contributed by atoms with Crippen LogP contribution in [0, 0.1) is 12.8 Å². The Hall–Kier alpha value is -2.30. The first-order valence-electron chi connectivity index (χ1n) is 9.25. The highest BCUT2D eigenvalue weighted by Gasteiger charge is 2.23. The number of piperidine rings is 1. The lowest BCUT2D eigenvalue weighted by atomic mass is 9.90. The molecular formula is C20H28N4O. The Labute approximate surface area is 150 Å². The molecule has 0 spiro atoms. The summed E-state index contributed by atoms with van der Waals surface area (Å²) < 4.78 is 1.91. The van der Waals surface area contributed by atoms with Crippen molar-refractivity contribution in [3.8, 4) is 0 Å². The van der Waals surface area contributed by atoms with E-state index in [9.17, 15) is 4.79 Å². The van der Waals surface area contributed by atoms with Gasteiger partial charge in [0.25, 0.3) is 0 Å². The van der Waals surface area contributed by atoms with Gasteiger partial charge in [0, 0.05) is 37.9 Å². The van der Waals surface area contributed by atoms with E-state index in [1.165, 1.54) is 5.56 Å². The summed E-state index contributed by atoms with van der Waals surface area (Å²) in [5.74, 6) is 0.677. The predicted molar refractivity (Wildman–Crippen MR) is 99.3 cm³/mol. The van der Waals surface area contributed by atoms with E-state index in [-0.39, 0.29) is 6.03 Å². The zero-order valence-corrected chi connectivity index (χ0v) is 15.2. The molecule has 5 heteroatoms. The van der Waals surface area contributed by atoms with Crippen molar-refractivity contribution in [3.05, 3.63) is 53.3 Å². The van der Waals surface area contributed by atoms with Crippen molar-refractivity contribution in [2.75, 3.05) is 13.1 Å². The molecule has 25 heavy (non-hydrogen) atoms. The molecule has 5 nitrogen and oxygen atoms in total. The Bertz CT molecular complexity index is 687. The third-order valence-electron chi connectivity index (χ3n) is 5.07. The molecule has 1 aromatic carbocycles. The summed E-state index contributed by atoms with van der Waals surface area (Å²) in [6, 6.07) is 10.7. The van der Waals surface area contributed by atoms with Crippen LogP contribution in [0.2, 0.25) is 0 Å². The first-order valence-corrected chi connectivity index (χ1v) is 9.25. The Morgan fingerprint density at radius 3 is 2.60 bits per heavy atom. The molecular weight excluding hydrogens is 312 g/mol. The fourth-order valence-electron chi connectivity index (χ4n) is 3.46. The zero-order chi connectivity index (χ0) is 17.6. The largest absolute Gasteiger partial charge is 0.334 e. The van der Waals surface area contributed by atoms with E-state index in [2.05, 4.69) is 47.7 Å². The summed E-state index contributed by atoms with van der Waals surface area (Å²) in [7, 11) is 0. The average molecular weight is 340 g/mol. The van der Waals surface area contributed by atoms with Crippen LogP contribution in [0.25, 0.3) is 0 Å². The van der Waals surface area contributed by atoms with Crippen molar-refractivity contribution in [1.82, 2.24) is 20.0 Å². The highest BCUT2D eigenvalue weighted by Crippen LogP contribution is 2.21. The van der Waals surface area contributed by atoms with Gasteiger partial charge in [-0.15, -0.1) is 0 Å². The van der Waals surface area contributed by atoms with Crippen molar-refractivity contribution >= 4 is 6.03 Å². The summed E-state index contributed by atoms with van der Waals surface area (Å²) in [5.41, 5.74) is 3.48. The lowest BCUT2D eigenvalue weighted by Crippen LogP contribution is -2.44. The number of amides is 2. The normalized spacial score (nSPS) is 15.4. The molecule has 1 saturated heterocycles. The minimum atomic E-state index is 0.0433. The van der Waals surface area contributed by atoms with Crippen LogP contribution in [0.4, 0.5) is 4.79 Å². The number of rotatable bonds is 5.